The van der Waals surface area contributed by atoms with Crippen molar-refractivity contribution >= 4 is 22.4 Å². The highest BCUT2D eigenvalue weighted by molar-refractivity contribution is 7.13. The van der Waals surface area contributed by atoms with Gasteiger partial charge in [-0.1, -0.05) is 0 Å². The van der Waals surface area contributed by atoms with E-state index in [-0.39, 0.29) is 18.1 Å². The summed E-state index contributed by atoms with van der Waals surface area (Å²) >= 11 is 1.35. The average molecular weight is 317 g/mol. The average Bonchev–Trinajstić information content (AvgIpc) is 3.10. The molecule has 112 valence electrons. The minimum Gasteiger partial charge on any atom is -0.441 e. The fraction of sp³-hybridized carbons (Fsp3) is 0.133. The lowest BCUT2D eigenvalue weighted by Gasteiger charge is -1.99. The summed E-state index contributed by atoms with van der Waals surface area (Å²) in [4.78, 5) is 20.2. The van der Waals surface area contributed by atoms with Crippen molar-refractivity contribution < 1.29 is 13.6 Å². The van der Waals surface area contributed by atoms with E-state index in [4.69, 9.17) is 4.42 Å². The summed E-state index contributed by atoms with van der Waals surface area (Å²) in [5.41, 5.74) is 1.21. The van der Waals surface area contributed by atoms with Gasteiger partial charge in [-0.3, -0.25) is 4.79 Å². The van der Waals surface area contributed by atoms with Crippen LogP contribution in [0.1, 0.15) is 11.5 Å². The predicted octanol–water partition coefficient (Wildman–Crippen LogP) is 3.43. The highest BCUT2D eigenvalue weighted by Crippen LogP contribution is 2.22. The van der Waals surface area contributed by atoms with Gasteiger partial charge in [-0.15, -0.1) is 11.3 Å². The van der Waals surface area contributed by atoms with Crippen molar-refractivity contribution in [2.24, 2.45) is 0 Å². The molecule has 5 nitrogen and oxygen atoms in total. The molecule has 1 N–H and O–H groups in total. The van der Waals surface area contributed by atoms with Gasteiger partial charge in [0.15, 0.2) is 5.13 Å². The van der Waals surface area contributed by atoms with Gasteiger partial charge in [-0.05, 0) is 31.2 Å². The molecule has 2 heterocycles. The second kappa shape index (κ2) is 6.07. The lowest BCUT2D eigenvalue weighted by molar-refractivity contribution is -0.115. The van der Waals surface area contributed by atoms with Crippen molar-refractivity contribution in [3.05, 3.63) is 53.1 Å². The summed E-state index contributed by atoms with van der Waals surface area (Å²) in [5, 5.41) is 5.02. The summed E-state index contributed by atoms with van der Waals surface area (Å²) in [6.07, 6.45) is 1.71. The number of hydrogen-bond donors (Lipinski definition) is 1. The number of anilines is 1. The van der Waals surface area contributed by atoms with Crippen LogP contribution in [0.2, 0.25) is 0 Å². The first kappa shape index (κ1) is 14.4. The van der Waals surface area contributed by atoms with Gasteiger partial charge in [-0.25, -0.2) is 14.4 Å². The first-order valence-corrected chi connectivity index (χ1v) is 7.41. The molecule has 1 aromatic carbocycles. The zero-order valence-corrected chi connectivity index (χ0v) is 12.5. The summed E-state index contributed by atoms with van der Waals surface area (Å²) in [7, 11) is 0. The number of hydrogen-bond acceptors (Lipinski definition) is 5. The first-order chi connectivity index (χ1) is 10.6. The number of oxazole rings is 1. The summed E-state index contributed by atoms with van der Waals surface area (Å²) in [6, 6.07) is 5.84. The van der Waals surface area contributed by atoms with E-state index in [1.165, 1.54) is 23.5 Å². The molecule has 0 aliphatic rings. The molecule has 0 bridgehead atoms. The molecule has 7 heteroatoms. The standard InChI is InChI=1S/C15H12FN3O2S/c1-9-12(8-13(20)19-15-17-6-7-22-15)18-14(21-9)10-2-4-11(16)5-3-10/h2-7H,8H2,1H3,(H,17,19,20). The molecule has 0 fully saturated rings. The number of rotatable bonds is 4. The topological polar surface area (TPSA) is 68.0 Å². The molecule has 2 aromatic heterocycles. The molecule has 0 unspecified atom stereocenters. The van der Waals surface area contributed by atoms with Crippen LogP contribution >= 0.6 is 11.3 Å². The van der Waals surface area contributed by atoms with Crippen molar-refractivity contribution in [3.63, 3.8) is 0 Å². The maximum absolute atomic E-state index is 12.9. The van der Waals surface area contributed by atoms with Crippen LogP contribution in [0.25, 0.3) is 11.5 Å². The van der Waals surface area contributed by atoms with Crippen LogP contribution in [0.3, 0.4) is 0 Å². The Morgan fingerprint density at radius 2 is 2.14 bits per heavy atom. The Kier molecular flexibility index (Phi) is 3.97. The van der Waals surface area contributed by atoms with Gasteiger partial charge in [0, 0.05) is 17.1 Å². The van der Waals surface area contributed by atoms with E-state index < -0.39 is 0 Å². The van der Waals surface area contributed by atoms with Crippen molar-refractivity contribution in [2.45, 2.75) is 13.3 Å². The number of benzene rings is 1. The molecular weight excluding hydrogens is 305 g/mol. The van der Waals surface area contributed by atoms with Gasteiger partial charge in [0.2, 0.25) is 11.8 Å². The van der Waals surface area contributed by atoms with E-state index in [2.05, 4.69) is 15.3 Å². The maximum Gasteiger partial charge on any atom is 0.232 e. The number of halogens is 1. The number of thiazole rings is 1. The molecule has 0 spiro atoms. The van der Waals surface area contributed by atoms with Crippen LogP contribution < -0.4 is 5.32 Å². The van der Waals surface area contributed by atoms with Gasteiger partial charge < -0.3 is 9.73 Å². The molecule has 0 radical (unpaired) electrons. The van der Waals surface area contributed by atoms with Gasteiger partial charge in [0.05, 0.1) is 12.1 Å². The molecule has 3 rings (SSSR count). The van der Waals surface area contributed by atoms with Crippen molar-refractivity contribution in [2.75, 3.05) is 5.32 Å². The molecule has 3 aromatic rings. The lowest BCUT2D eigenvalue weighted by Crippen LogP contribution is -2.14. The Morgan fingerprint density at radius 3 is 2.82 bits per heavy atom. The minimum absolute atomic E-state index is 0.0934. The van der Waals surface area contributed by atoms with Gasteiger partial charge in [0.1, 0.15) is 11.6 Å². The van der Waals surface area contributed by atoms with Gasteiger partial charge >= 0.3 is 0 Å². The smallest absolute Gasteiger partial charge is 0.232 e. The van der Waals surface area contributed by atoms with Crippen molar-refractivity contribution in [1.82, 2.24) is 9.97 Å². The zero-order valence-electron chi connectivity index (χ0n) is 11.7. The normalized spacial score (nSPS) is 10.6. The fourth-order valence-corrected chi connectivity index (χ4v) is 2.45. The molecule has 0 atom stereocenters. The Balaban J connectivity index is 1.74. The van der Waals surface area contributed by atoms with E-state index in [0.717, 1.165) is 0 Å². The Hall–Kier alpha value is -2.54. The SMILES string of the molecule is Cc1oc(-c2ccc(F)cc2)nc1CC(=O)Nc1nccs1. The summed E-state index contributed by atoms with van der Waals surface area (Å²) in [5.74, 6) is 0.398. The second-order valence-electron chi connectivity index (χ2n) is 4.59. The first-order valence-electron chi connectivity index (χ1n) is 6.53. The molecule has 0 aliphatic carbocycles. The molecule has 1 amide bonds. The minimum atomic E-state index is -0.324. The van der Waals surface area contributed by atoms with E-state index in [0.29, 0.717) is 28.0 Å². The summed E-state index contributed by atoms with van der Waals surface area (Å²) in [6.45, 7) is 1.74. The van der Waals surface area contributed by atoms with Crippen LogP contribution in [0, 0.1) is 12.7 Å². The van der Waals surface area contributed by atoms with Crippen LogP contribution in [-0.4, -0.2) is 15.9 Å². The van der Waals surface area contributed by atoms with E-state index in [1.807, 2.05) is 0 Å². The Labute approximate surface area is 129 Å². The number of aromatic nitrogens is 2. The quantitative estimate of drug-likeness (QED) is 0.800. The highest BCUT2D eigenvalue weighted by Gasteiger charge is 2.15. The largest absolute Gasteiger partial charge is 0.441 e. The maximum atomic E-state index is 12.9. The summed E-state index contributed by atoms with van der Waals surface area (Å²) < 4.78 is 18.5. The zero-order chi connectivity index (χ0) is 15.5. The lowest BCUT2D eigenvalue weighted by atomic mass is 10.2. The van der Waals surface area contributed by atoms with Crippen molar-refractivity contribution in [3.8, 4) is 11.5 Å². The molecule has 0 aliphatic heterocycles. The van der Waals surface area contributed by atoms with Crippen LogP contribution in [0.15, 0.2) is 40.3 Å². The number of carbonyl (C=O) groups is 1. The molecular formula is C15H12FN3O2S. The molecule has 0 saturated heterocycles. The second-order valence-corrected chi connectivity index (χ2v) is 5.49. The fourth-order valence-electron chi connectivity index (χ4n) is 1.91. The van der Waals surface area contributed by atoms with E-state index in [9.17, 15) is 9.18 Å². The predicted molar refractivity (Wildman–Crippen MR) is 81.1 cm³/mol. The third-order valence-electron chi connectivity index (χ3n) is 2.99. The number of nitrogens with one attached hydrogen (secondary N) is 1. The van der Waals surface area contributed by atoms with Crippen LogP contribution in [-0.2, 0) is 11.2 Å². The molecule has 22 heavy (non-hydrogen) atoms. The van der Waals surface area contributed by atoms with Crippen LogP contribution in [0.4, 0.5) is 9.52 Å². The Morgan fingerprint density at radius 1 is 1.36 bits per heavy atom. The van der Waals surface area contributed by atoms with Gasteiger partial charge in [-0.2, -0.15) is 0 Å². The highest BCUT2D eigenvalue weighted by atomic mass is 32.1. The number of aryl methyl sites for hydroxylation is 1. The number of nitrogens with zero attached hydrogens (tertiary/aromatic N) is 2. The van der Waals surface area contributed by atoms with E-state index in [1.54, 1.807) is 30.6 Å². The molecule has 0 saturated carbocycles. The third-order valence-corrected chi connectivity index (χ3v) is 3.68. The number of carbonyl (C=O) groups excluding carboxylic acids is 1. The Bertz CT molecular complexity index is 782. The number of amides is 1. The monoisotopic (exact) mass is 317 g/mol. The van der Waals surface area contributed by atoms with Crippen LogP contribution in [0.5, 0.6) is 0 Å². The third kappa shape index (κ3) is 3.20. The van der Waals surface area contributed by atoms with E-state index >= 15 is 0 Å². The van der Waals surface area contributed by atoms with Crippen molar-refractivity contribution in [1.29, 1.82) is 0 Å². The van der Waals surface area contributed by atoms with Gasteiger partial charge in [0.25, 0.3) is 0 Å².